The van der Waals surface area contributed by atoms with Gasteiger partial charge >= 0.3 is 0 Å². The van der Waals surface area contributed by atoms with E-state index in [1.54, 1.807) is 11.3 Å². The number of aryl methyl sites for hydroxylation is 2. The maximum atomic E-state index is 5.90. The third kappa shape index (κ3) is 3.66. The number of benzene rings is 1. The number of thiazole rings is 1. The van der Waals surface area contributed by atoms with Crippen molar-refractivity contribution in [3.8, 4) is 11.4 Å². The summed E-state index contributed by atoms with van der Waals surface area (Å²) in [5, 5.41) is 5.83. The van der Waals surface area contributed by atoms with Crippen LogP contribution in [0.15, 0.2) is 28.8 Å². The second-order valence-corrected chi connectivity index (χ2v) is 7.63. The maximum Gasteiger partial charge on any atom is 0.241 e. The molecule has 0 N–H and O–H groups in total. The highest BCUT2D eigenvalue weighted by molar-refractivity contribution is 7.11. The Hall–Kier alpha value is -1.76. The number of halogens is 1. The van der Waals surface area contributed by atoms with Crippen molar-refractivity contribution < 1.29 is 4.52 Å². The molecule has 2 heterocycles. The zero-order valence-corrected chi connectivity index (χ0v) is 15.6. The van der Waals surface area contributed by atoms with Crippen molar-refractivity contribution in [1.29, 1.82) is 0 Å². The van der Waals surface area contributed by atoms with Crippen LogP contribution < -0.4 is 0 Å². The van der Waals surface area contributed by atoms with Gasteiger partial charge in [-0.25, -0.2) is 4.98 Å². The summed E-state index contributed by atoms with van der Waals surface area (Å²) in [7, 11) is 2.03. The smallest absolute Gasteiger partial charge is 0.241 e. The van der Waals surface area contributed by atoms with Crippen molar-refractivity contribution in [1.82, 2.24) is 20.0 Å². The molecule has 3 rings (SSSR count). The maximum absolute atomic E-state index is 5.90. The highest BCUT2D eigenvalue weighted by Crippen LogP contribution is 2.27. The molecule has 1 aromatic carbocycles. The van der Waals surface area contributed by atoms with Crippen molar-refractivity contribution in [2.24, 2.45) is 0 Å². The molecular weight excluding hydrogens is 344 g/mol. The van der Waals surface area contributed by atoms with Crippen LogP contribution in [0.4, 0.5) is 0 Å². The van der Waals surface area contributed by atoms with Gasteiger partial charge in [0.15, 0.2) is 0 Å². The van der Waals surface area contributed by atoms with Gasteiger partial charge in [0.25, 0.3) is 0 Å². The van der Waals surface area contributed by atoms with Crippen LogP contribution in [0.3, 0.4) is 0 Å². The van der Waals surface area contributed by atoms with E-state index in [0.717, 1.165) is 16.3 Å². The van der Waals surface area contributed by atoms with Crippen LogP contribution in [0.5, 0.6) is 0 Å². The van der Waals surface area contributed by atoms with Crippen molar-refractivity contribution in [2.45, 2.75) is 33.4 Å². The highest BCUT2D eigenvalue weighted by Gasteiger charge is 2.20. The van der Waals surface area contributed by atoms with Gasteiger partial charge in [0.05, 0.1) is 23.3 Å². The molecule has 2 aromatic heterocycles. The summed E-state index contributed by atoms with van der Waals surface area (Å²) in [5.74, 6) is 1.15. The third-order valence-electron chi connectivity index (χ3n) is 3.95. The van der Waals surface area contributed by atoms with Gasteiger partial charge in [0.1, 0.15) is 0 Å². The first kappa shape index (κ1) is 17.1. The van der Waals surface area contributed by atoms with Gasteiger partial charge in [-0.3, -0.25) is 4.90 Å². The molecule has 0 aliphatic rings. The van der Waals surface area contributed by atoms with Crippen LogP contribution in [0.25, 0.3) is 11.4 Å². The molecule has 24 heavy (non-hydrogen) atoms. The van der Waals surface area contributed by atoms with Crippen molar-refractivity contribution in [3.63, 3.8) is 0 Å². The van der Waals surface area contributed by atoms with Crippen LogP contribution in [-0.4, -0.2) is 27.1 Å². The topological polar surface area (TPSA) is 55.1 Å². The van der Waals surface area contributed by atoms with Gasteiger partial charge < -0.3 is 4.52 Å². The number of hydrogen-bond acceptors (Lipinski definition) is 6. The van der Waals surface area contributed by atoms with Crippen LogP contribution in [0.1, 0.15) is 34.4 Å². The van der Waals surface area contributed by atoms with Gasteiger partial charge in [-0.1, -0.05) is 16.8 Å². The Morgan fingerprint density at radius 3 is 2.54 bits per heavy atom. The first-order valence-electron chi connectivity index (χ1n) is 7.66. The molecule has 0 bridgehead atoms. The third-order valence-corrected chi connectivity index (χ3v) is 5.11. The predicted molar refractivity (Wildman–Crippen MR) is 96.2 cm³/mol. The molecule has 5 nitrogen and oxygen atoms in total. The number of aromatic nitrogens is 3. The average molecular weight is 363 g/mol. The fourth-order valence-electron chi connectivity index (χ4n) is 2.53. The van der Waals surface area contributed by atoms with E-state index in [2.05, 4.69) is 33.9 Å². The van der Waals surface area contributed by atoms with Gasteiger partial charge in [0.2, 0.25) is 11.7 Å². The molecule has 0 aliphatic carbocycles. The van der Waals surface area contributed by atoms with E-state index in [1.165, 1.54) is 4.88 Å². The molecule has 0 saturated heterocycles. The molecule has 0 aliphatic heterocycles. The summed E-state index contributed by atoms with van der Waals surface area (Å²) in [6, 6.07) is 7.57. The van der Waals surface area contributed by atoms with Crippen LogP contribution in [0.2, 0.25) is 5.02 Å². The lowest BCUT2D eigenvalue weighted by atomic mass is 10.2. The molecule has 0 fully saturated rings. The Morgan fingerprint density at radius 1 is 1.21 bits per heavy atom. The fourth-order valence-corrected chi connectivity index (χ4v) is 3.56. The summed E-state index contributed by atoms with van der Waals surface area (Å²) in [6.07, 6.45) is 0. The summed E-state index contributed by atoms with van der Waals surface area (Å²) in [5.41, 5.74) is 1.99. The zero-order chi connectivity index (χ0) is 17.3. The van der Waals surface area contributed by atoms with Crippen LogP contribution in [-0.2, 0) is 6.54 Å². The Balaban J connectivity index is 1.72. The summed E-state index contributed by atoms with van der Waals surface area (Å²) < 4.78 is 5.39. The van der Waals surface area contributed by atoms with Crippen molar-refractivity contribution in [3.05, 3.63) is 50.8 Å². The van der Waals surface area contributed by atoms with Crippen LogP contribution >= 0.6 is 22.9 Å². The Labute approximate surface area is 150 Å². The second-order valence-electron chi connectivity index (χ2n) is 5.78. The molecule has 0 amide bonds. The fraction of sp³-hybridized carbons (Fsp3) is 0.353. The number of nitrogens with zero attached hydrogens (tertiary/aromatic N) is 4. The minimum absolute atomic E-state index is 0.181. The van der Waals surface area contributed by atoms with E-state index >= 15 is 0 Å². The minimum Gasteiger partial charge on any atom is -0.338 e. The quantitative estimate of drug-likeness (QED) is 0.660. The van der Waals surface area contributed by atoms with Gasteiger partial charge in [-0.05, 0) is 52.1 Å². The van der Waals surface area contributed by atoms with E-state index in [1.807, 2.05) is 38.2 Å². The van der Waals surface area contributed by atoms with E-state index in [4.69, 9.17) is 16.1 Å². The summed E-state index contributed by atoms with van der Waals surface area (Å²) in [4.78, 5) is 12.5. The van der Waals surface area contributed by atoms with E-state index in [9.17, 15) is 0 Å². The van der Waals surface area contributed by atoms with E-state index in [0.29, 0.717) is 23.3 Å². The van der Waals surface area contributed by atoms with E-state index in [-0.39, 0.29) is 6.04 Å². The molecule has 0 saturated carbocycles. The van der Waals surface area contributed by atoms with Gasteiger partial charge in [0, 0.05) is 15.5 Å². The monoisotopic (exact) mass is 362 g/mol. The summed E-state index contributed by atoms with van der Waals surface area (Å²) in [6.45, 7) is 6.84. The molecule has 126 valence electrons. The molecule has 1 atom stereocenters. The van der Waals surface area contributed by atoms with Crippen LogP contribution in [0, 0.1) is 13.8 Å². The van der Waals surface area contributed by atoms with Crippen molar-refractivity contribution in [2.75, 3.05) is 7.05 Å². The Kier molecular flexibility index (Phi) is 4.99. The largest absolute Gasteiger partial charge is 0.338 e. The Morgan fingerprint density at radius 2 is 1.92 bits per heavy atom. The zero-order valence-electron chi connectivity index (χ0n) is 14.1. The first-order valence-corrected chi connectivity index (χ1v) is 8.86. The molecule has 7 heteroatoms. The first-order chi connectivity index (χ1) is 11.4. The molecule has 1 unspecified atom stereocenters. The standard InChI is InChI=1S/C17H19ClN4OS/c1-10(16-11(2)24-12(3)19-16)22(4)9-15-20-17(21-23-15)13-5-7-14(18)8-6-13/h5-8,10H,9H2,1-4H3. The molecular formula is C17H19ClN4OS. The van der Waals surface area contributed by atoms with Gasteiger partial charge in [-0.15, -0.1) is 11.3 Å². The number of hydrogen-bond donors (Lipinski definition) is 0. The highest BCUT2D eigenvalue weighted by atomic mass is 35.5. The minimum atomic E-state index is 0.181. The number of rotatable bonds is 5. The Bertz CT molecular complexity index is 827. The van der Waals surface area contributed by atoms with Crippen molar-refractivity contribution >= 4 is 22.9 Å². The molecule has 0 radical (unpaired) electrons. The molecule has 0 spiro atoms. The lowest BCUT2D eigenvalue weighted by Crippen LogP contribution is -2.23. The lowest BCUT2D eigenvalue weighted by Gasteiger charge is -2.22. The molecule has 3 aromatic rings. The van der Waals surface area contributed by atoms with Gasteiger partial charge in [-0.2, -0.15) is 4.98 Å². The summed E-state index contributed by atoms with van der Waals surface area (Å²) >= 11 is 7.63. The average Bonchev–Trinajstić information content (AvgIpc) is 3.13. The normalized spacial score (nSPS) is 12.8. The predicted octanol–water partition coefficient (Wildman–Crippen LogP) is 4.66. The lowest BCUT2D eigenvalue weighted by molar-refractivity contribution is 0.213. The SMILES string of the molecule is Cc1nc(C(C)N(C)Cc2nc(-c3ccc(Cl)cc3)no2)c(C)s1. The van der Waals surface area contributed by atoms with E-state index < -0.39 is 0 Å². The second kappa shape index (κ2) is 7.01.